The minimum Gasteiger partial charge on any atom is -0.328 e. The fourth-order valence-electron chi connectivity index (χ4n) is 1.88. The lowest BCUT2D eigenvalue weighted by molar-refractivity contribution is 0.814. The van der Waals surface area contributed by atoms with Crippen LogP contribution in [0, 0.1) is 11.3 Å². The van der Waals surface area contributed by atoms with E-state index < -0.39 is 0 Å². The molecule has 2 rings (SSSR count). The number of pyridine rings is 1. The van der Waals surface area contributed by atoms with Gasteiger partial charge in [-0.2, -0.15) is 5.26 Å². The second-order valence-electron chi connectivity index (χ2n) is 4.42. The van der Waals surface area contributed by atoms with Crippen molar-refractivity contribution in [2.45, 2.75) is 13.0 Å². The fraction of sp³-hybridized carbons (Fsp3) is 0.200. The van der Waals surface area contributed by atoms with Crippen molar-refractivity contribution in [3.63, 3.8) is 0 Å². The third-order valence-electron chi connectivity index (χ3n) is 3.02. The lowest BCUT2D eigenvalue weighted by Crippen LogP contribution is -2.14. The molecule has 2 aromatic rings. The van der Waals surface area contributed by atoms with Crippen LogP contribution in [-0.4, -0.2) is 12.0 Å². The molecule has 96 valence electrons. The molecule has 0 radical (unpaired) electrons. The topological polar surface area (TPSA) is 65.9 Å². The number of rotatable bonds is 3. The summed E-state index contributed by atoms with van der Waals surface area (Å²) in [6, 6.07) is 13.4. The molecule has 0 aliphatic rings. The van der Waals surface area contributed by atoms with E-state index in [2.05, 4.69) is 11.1 Å². The van der Waals surface area contributed by atoms with Crippen molar-refractivity contribution in [3.05, 3.63) is 53.7 Å². The number of nitrogens with zero attached hydrogens (tertiary/aromatic N) is 3. The average Bonchev–Trinajstić information content (AvgIpc) is 2.46. The summed E-state index contributed by atoms with van der Waals surface area (Å²) in [6.07, 6.45) is 1.74. The summed E-state index contributed by atoms with van der Waals surface area (Å²) in [5.74, 6) is 0.775. The van der Waals surface area contributed by atoms with E-state index >= 15 is 0 Å². The van der Waals surface area contributed by atoms with Gasteiger partial charge in [0.15, 0.2) is 0 Å². The van der Waals surface area contributed by atoms with E-state index in [1.807, 2.05) is 49.2 Å². The molecule has 1 atom stereocenters. The number of benzene rings is 1. The van der Waals surface area contributed by atoms with Crippen LogP contribution in [0.5, 0.6) is 0 Å². The first-order chi connectivity index (χ1) is 9.13. The van der Waals surface area contributed by atoms with Gasteiger partial charge in [-0.25, -0.2) is 4.98 Å². The van der Waals surface area contributed by atoms with E-state index in [0.717, 1.165) is 17.1 Å². The fourth-order valence-corrected chi connectivity index (χ4v) is 1.88. The molecule has 0 aliphatic heterocycles. The highest BCUT2D eigenvalue weighted by Gasteiger charge is 2.11. The second-order valence-corrected chi connectivity index (χ2v) is 4.42. The van der Waals surface area contributed by atoms with Gasteiger partial charge in [0, 0.05) is 19.3 Å². The van der Waals surface area contributed by atoms with Gasteiger partial charge in [-0.3, -0.25) is 0 Å². The van der Waals surface area contributed by atoms with E-state index in [1.165, 1.54) is 0 Å². The minimum absolute atomic E-state index is 0.0404. The molecular weight excluding hydrogens is 236 g/mol. The Morgan fingerprint density at radius 3 is 2.74 bits per heavy atom. The number of anilines is 2. The number of para-hydroxylation sites is 1. The average molecular weight is 252 g/mol. The first-order valence-corrected chi connectivity index (χ1v) is 6.08. The summed E-state index contributed by atoms with van der Waals surface area (Å²) in [5.41, 5.74) is 8.35. The number of hydrogen-bond acceptors (Lipinski definition) is 4. The van der Waals surface area contributed by atoms with E-state index in [0.29, 0.717) is 5.56 Å². The Kier molecular flexibility index (Phi) is 3.79. The SMILES string of the molecule is C[C@@H](N)c1ccnc(N(C)c2ccccc2C#N)c1. The molecule has 19 heavy (non-hydrogen) atoms. The highest BCUT2D eigenvalue weighted by Crippen LogP contribution is 2.26. The van der Waals surface area contributed by atoms with Crippen LogP contribution >= 0.6 is 0 Å². The molecule has 0 bridgehead atoms. The first-order valence-electron chi connectivity index (χ1n) is 6.08. The molecule has 0 amide bonds. The number of nitrogens with two attached hydrogens (primary N) is 1. The molecule has 0 saturated carbocycles. The number of hydrogen-bond donors (Lipinski definition) is 1. The number of aromatic nitrogens is 1. The molecule has 2 N–H and O–H groups in total. The third-order valence-corrected chi connectivity index (χ3v) is 3.02. The number of nitriles is 1. The van der Waals surface area contributed by atoms with Crippen LogP contribution in [0.4, 0.5) is 11.5 Å². The van der Waals surface area contributed by atoms with Crippen LogP contribution in [0.15, 0.2) is 42.6 Å². The molecule has 0 unspecified atom stereocenters. The summed E-state index contributed by atoms with van der Waals surface area (Å²) >= 11 is 0. The zero-order valence-corrected chi connectivity index (χ0v) is 11.0. The van der Waals surface area contributed by atoms with Crippen molar-refractivity contribution < 1.29 is 0 Å². The van der Waals surface area contributed by atoms with E-state index in [9.17, 15) is 0 Å². The molecule has 0 saturated heterocycles. The van der Waals surface area contributed by atoms with E-state index in [1.54, 1.807) is 12.3 Å². The van der Waals surface area contributed by atoms with Crippen LogP contribution in [0.1, 0.15) is 24.1 Å². The largest absolute Gasteiger partial charge is 0.328 e. The molecule has 0 aliphatic carbocycles. The normalized spacial score (nSPS) is 11.7. The molecule has 1 aromatic heterocycles. The first kappa shape index (κ1) is 13.1. The maximum atomic E-state index is 9.14. The van der Waals surface area contributed by atoms with Crippen LogP contribution < -0.4 is 10.6 Å². The van der Waals surface area contributed by atoms with Gasteiger partial charge < -0.3 is 10.6 Å². The minimum atomic E-state index is -0.0404. The van der Waals surface area contributed by atoms with E-state index in [4.69, 9.17) is 11.0 Å². The Labute approximate surface area is 113 Å². The summed E-state index contributed by atoms with van der Waals surface area (Å²) < 4.78 is 0. The Morgan fingerprint density at radius 1 is 1.32 bits per heavy atom. The lowest BCUT2D eigenvalue weighted by Gasteiger charge is -2.20. The third kappa shape index (κ3) is 2.72. The predicted octanol–water partition coefficient (Wildman–Crippen LogP) is 2.74. The molecule has 0 fully saturated rings. The summed E-state index contributed by atoms with van der Waals surface area (Å²) in [6.45, 7) is 1.93. The second kappa shape index (κ2) is 5.51. The molecule has 1 aromatic carbocycles. The summed E-state index contributed by atoms with van der Waals surface area (Å²) in [7, 11) is 1.89. The quantitative estimate of drug-likeness (QED) is 0.912. The standard InChI is InChI=1S/C15H16N4/c1-11(17)12-7-8-18-15(9-12)19(2)14-6-4-3-5-13(14)10-16/h3-9,11H,17H2,1-2H3/t11-/m1/s1. The van der Waals surface area contributed by atoms with Gasteiger partial charge in [0.1, 0.15) is 11.9 Å². The van der Waals surface area contributed by atoms with E-state index in [-0.39, 0.29) is 6.04 Å². The maximum Gasteiger partial charge on any atom is 0.133 e. The predicted molar refractivity (Wildman–Crippen MR) is 76.1 cm³/mol. The zero-order valence-electron chi connectivity index (χ0n) is 11.0. The van der Waals surface area contributed by atoms with Crippen LogP contribution in [0.3, 0.4) is 0 Å². The van der Waals surface area contributed by atoms with Gasteiger partial charge in [0.05, 0.1) is 11.3 Å². The van der Waals surface area contributed by atoms with Gasteiger partial charge in [-0.05, 0) is 36.8 Å². The summed E-state index contributed by atoms with van der Waals surface area (Å²) in [5, 5.41) is 9.14. The Bertz CT molecular complexity index is 614. The van der Waals surface area contributed by atoms with Crippen molar-refractivity contribution in [2.24, 2.45) is 5.73 Å². The Balaban J connectivity index is 2.42. The Hall–Kier alpha value is -2.38. The monoisotopic (exact) mass is 252 g/mol. The molecule has 0 spiro atoms. The maximum absolute atomic E-state index is 9.14. The summed E-state index contributed by atoms with van der Waals surface area (Å²) in [4.78, 5) is 6.23. The van der Waals surface area contributed by atoms with Crippen molar-refractivity contribution in [2.75, 3.05) is 11.9 Å². The smallest absolute Gasteiger partial charge is 0.133 e. The molecule has 1 heterocycles. The van der Waals surface area contributed by atoms with Crippen LogP contribution in [0.25, 0.3) is 0 Å². The van der Waals surface area contributed by atoms with Gasteiger partial charge in [0.25, 0.3) is 0 Å². The van der Waals surface area contributed by atoms with Gasteiger partial charge >= 0.3 is 0 Å². The van der Waals surface area contributed by atoms with Gasteiger partial charge in [0.2, 0.25) is 0 Å². The van der Waals surface area contributed by atoms with Gasteiger partial charge in [-0.1, -0.05) is 12.1 Å². The lowest BCUT2D eigenvalue weighted by atomic mass is 10.1. The van der Waals surface area contributed by atoms with Crippen LogP contribution in [-0.2, 0) is 0 Å². The zero-order chi connectivity index (χ0) is 13.8. The highest BCUT2D eigenvalue weighted by molar-refractivity contribution is 5.66. The van der Waals surface area contributed by atoms with Gasteiger partial charge in [-0.15, -0.1) is 0 Å². The van der Waals surface area contributed by atoms with Crippen molar-refractivity contribution in [1.29, 1.82) is 5.26 Å². The molecule has 4 nitrogen and oxygen atoms in total. The van der Waals surface area contributed by atoms with Crippen molar-refractivity contribution in [1.82, 2.24) is 4.98 Å². The molecular formula is C15H16N4. The van der Waals surface area contributed by atoms with Crippen molar-refractivity contribution >= 4 is 11.5 Å². The Morgan fingerprint density at radius 2 is 2.05 bits per heavy atom. The van der Waals surface area contributed by atoms with Crippen LogP contribution in [0.2, 0.25) is 0 Å². The van der Waals surface area contributed by atoms with Crippen molar-refractivity contribution in [3.8, 4) is 6.07 Å². The molecule has 4 heteroatoms. The highest BCUT2D eigenvalue weighted by atomic mass is 15.2.